The van der Waals surface area contributed by atoms with Crippen molar-refractivity contribution in [3.63, 3.8) is 0 Å². The summed E-state index contributed by atoms with van der Waals surface area (Å²) in [5.41, 5.74) is 1.21. The molecule has 0 heterocycles. The van der Waals surface area contributed by atoms with Crippen molar-refractivity contribution >= 4 is 0 Å². The number of terminal acetylenes is 1. The number of nitrogens with one attached hydrogen (secondary N) is 1. The van der Waals surface area contributed by atoms with Crippen LogP contribution in [0, 0.1) is 12.3 Å². The average molecular weight is 265 g/mol. The van der Waals surface area contributed by atoms with Gasteiger partial charge in [-0.2, -0.15) is 0 Å². The van der Waals surface area contributed by atoms with E-state index in [0.717, 1.165) is 37.4 Å². The van der Waals surface area contributed by atoms with Gasteiger partial charge in [-0.25, -0.2) is 0 Å². The van der Waals surface area contributed by atoms with Gasteiger partial charge >= 0.3 is 0 Å². The van der Waals surface area contributed by atoms with Gasteiger partial charge in [-0.3, -0.25) is 0 Å². The monoisotopic (exact) mass is 265 g/mol. The standard InChI is InChI=1S/C18H19NO/c1-2-3-7-13-19-15-16-9-8-12-18(14-16)20-17-10-5-4-6-11-17/h1,4-6,8-12,14,19H,3,7,13,15H2. The zero-order chi connectivity index (χ0) is 14.0. The molecule has 0 atom stereocenters. The smallest absolute Gasteiger partial charge is 0.127 e. The lowest BCUT2D eigenvalue weighted by molar-refractivity contribution is 0.481. The average Bonchev–Trinajstić information content (AvgIpc) is 2.48. The van der Waals surface area contributed by atoms with Crippen molar-refractivity contribution in [2.75, 3.05) is 6.54 Å². The van der Waals surface area contributed by atoms with Crippen LogP contribution in [0.2, 0.25) is 0 Å². The third-order valence-corrected chi connectivity index (χ3v) is 2.88. The van der Waals surface area contributed by atoms with Gasteiger partial charge in [0.15, 0.2) is 0 Å². The van der Waals surface area contributed by atoms with Crippen LogP contribution < -0.4 is 10.1 Å². The van der Waals surface area contributed by atoms with Crippen molar-refractivity contribution in [1.82, 2.24) is 5.32 Å². The Morgan fingerprint density at radius 2 is 1.80 bits per heavy atom. The van der Waals surface area contributed by atoms with E-state index in [0.29, 0.717) is 0 Å². The van der Waals surface area contributed by atoms with Gasteiger partial charge in [0, 0.05) is 13.0 Å². The van der Waals surface area contributed by atoms with Gasteiger partial charge in [0.2, 0.25) is 0 Å². The lowest BCUT2D eigenvalue weighted by atomic mass is 10.2. The quantitative estimate of drug-likeness (QED) is 0.604. The molecule has 102 valence electrons. The van der Waals surface area contributed by atoms with Gasteiger partial charge in [-0.15, -0.1) is 12.3 Å². The molecule has 1 N–H and O–H groups in total. The molecule has 0 bridgehead atoms. The molecule has 0 aliphatic heterocycles. The Kier molecular flexibility index (Phi) is 5.70. The van der Waals surface area contributed by atoms with Crippen molar-refractivity contribution in [3.05, 3.63) is 60.2 Å². The molecule has 2 rings (SSSR count). The van der Waals surface area contributed by atoms with Gasteiger partial charge in [0.05, 0.1) is 0 Å². The Morgan fingerprint density at radius 1 is 1.00 bits per heavy atom. The second kappa shape index (κ2) is 8.04. The van der Waals surface area contributed by atoms with E-state index >= 15 is 0 Å². The SMILES string of the molecule is C#CCCCNCc1cccc(Oc2ccccc2)c1. The Hall–Kier alpha value is -2.24. The maximum Gasteiger partial charge on any atom is 0.127 e. The first-order valence-corrected chi connectivity index (χ1v) is 6.84. The van der Waals surface area contributed by atoms with Crippen LogP contribution in [0.1, 0.15) is 18.4 Å². The summed E-state index contributed by atoms with van der Waals surface area (Å²) in [7, 11) is 0. The summed E-state index contributed by atoms with van der Waals surface area (Å²) in [6.07, 6.45) is 7.05. The van der Waals surface area contributed by atoms with Gasteiger partial charge in [0.25, 0.3) is 0 Å². The normalized spacial score (nSPS) is 9.95. The van der Waals surface area contributed by atoms with E-state index in [9.17, 15) is 0 Å². The Bertz CT molecular complexity index is 557. The predicted molar refractivity (Wildman–Crippen MR) is 82.7 cm³/mol. The number of hydrogen-bond donors (Lipinski definition) is 1. The molecule has 0 aliphatic carbocycles. The van der Waals surface area contributed by atoms with Gasteiger partial charge in [-0.05, 0) is 42.8 Å². The molecule has 0 saturated carbocycles. The molecule has 0 amide bonds. The van der Waals surface area contributed by atoms with E-state index in [-0.39, 0.29) is 0 Å². The van der Waals surface area contributed by atoms with Crippen molar-refractivity contribution in [1.29, 1.82) is 0 Å². The molecule has 0 unspecified atom stereocenters. The second-order valence-corrected chi connectivity index (χ2v) is 4.55. The minimum absolute atomic E-state index is 0.824. The van der Waals surface area contributed by atoms with Crippen molar-refractivity contribution < 1.29 is 4.74 Å². The first-order chi connectivity index (χ1) is 9.88. The summed E-state index contributed by atoms with van der Waals surface area (Å²) in [6, 6.07) is 17.9. The fourth-order valence-electron chi connectivity index (χ4n) is 1.89. The zero-order valence-corrected chi connectivity index (χ0v) is 11.5. The largest absolute Gasteiger partial charge is 0.457 e. The van der Waals surface area contributed by atoms with Crippen molar-refractivity contribution in [2.24, 2.45) is 0 Å². The number of benzene rings is 2. The number of ether oxygens (including phenoxy) is 1. The maximum absolute atomic E-state index is 5.81. The number of para-hydroxylation sites is 1. The summed E-state index contributed by atoms with van der Waals surface area (Å²) < 4.78 is 5.81. The highest BCUT2D eigenvalue weighted by atomic mass is 16.5. The molecule has 0 radical (unpaired) electrons. The van der Waals surface area contributed by atoms with E-state index < -0.39 is 0 Å². The number of rotatable bonds is 7. The van der Waals surface area contributed by atoms with Crippen molar-refractivity contribution in [2.45, 2.75) is 19.4 Å². The van der Waals surface area contributed by atoms with Gasteiger partial charge in [0.1, 0.15) is 11.5 Å². The third-order valence-electron chi connectivity index (χ3n) is 2.88. The van der Waals surface area contributed by atoms with Crippen LogP contribution in [0.5, 0.6) is 11.5 Å². The number of unbranched alkanes of at least 4 members (excludes halogenated alkanes) is 1. The number of hydrogen-bond acceptors (Lipinski definition) is 2. The third kappa shape index (κ3) is 4.79. The van der Waals surface area contributed by atoms with E-state index in [2.05, 4.69) is 23.4 Å². The molecular formula is C18H19NO. The molecule has 0 spiro atoms. The fraction of sp³-hybridized carbons (Fsp3) is 0.222. The molecule has 20 heavy (non-hydrogen) atoms. The Balaban J connectivity index is 1.86. The van der Waals surface area contributed by atoms with Crippen LogP contribution >= 0.6 is 0 Å². The Morgan fingerprint density at radius 3 is 2.60 bits per heavy atom. The lowest BCUT2D eigenvalue weighted by Gasteiger charge is -2.08. The minimum Gasteiger partial charge on any atom is -0.457 e. The highest BCUT2D eigenvalue weighted by Gasteiger charge is 1.98. The topological polar surface area (TPSA) is 21.3 Å². The summed E-state index contributed by atoms with van der Waals surface area (Å²) in [5, 5.41) is 3.38. The Labute approximate surface area is 120 Å². The molecule has 0 saturated heterocycles. The van der Waals surface area contributed by atoms with Crippen LogP contribution in [-0.4, -0.2) is 6.54 Å². The molecule has 2 aromatic carbocycles. The summed E-state index contributed by atoms with van der Waals surface area (Å²) >= 11 is 0. The highest BCUT2D eigenvalue weighted by Crippen LogP contribution is 2.21. The molecular weight excluding hydrogens is 246 g/mol. The summed E-state index contributed by atoms with van der Waals surface area (Å²) in [4.78, 5) is 0. The lowest BCUT2D eigenvalue weighted by Crippen LogP contribution is -2.14. The van der Waals surface area contributed by atoms with Crippen molar-refractivity contribution in [3.8, 4) is 23.8 Å². The molecule has 0 fully saturated rings. The maximum atomic E-state index is 5.81. The van der Waals surface area contributed by atoms with Gasteiger partial charge in [-0.1, -0.05) is 30.3 Å². The molecule has 0 aromatic heterocycles. The summed E-state index contributed by atoms with van der Waals surface area (Å²) in [6.45, 7) is 1.77. The molecule has 2 heteroatoms. The summed E-state index contributed by atoms with van der Waals surface area (Å²) in [5.74, 6) is 4.36. The zero-order valence-electron chi connectivity index (χ0n) is 11.5. The van der Waals surface area contributed by atoms with Crippen LogP contribution in [0.15, 0.2) is 54.6 Å². The van der Waals surface area contributed by atoms with Gasteiger partial charge < -0.3 is 10.1 Å². The predicted octanol–water partition coefficient (Wildman–Crippen LogP) is 3.98. The second-order valence-electron chi connectivity index (χ2n) is 4.55. The molecule has 0 aliphatic rings. The van der Waals surface area contributed by atoms with Crippen LogP contribution in [0.3, 0.4) is 0 Å². The first kappa shape index (κ1) is 14.2. The van der Waals surface area contributed by atoms with E-state index in [4.69, 9.17) is 11.2 Å². The molecule has 2 aromatic rings. The highest BCUT2D eigenvalue weighted by molar-refractivity contribution is 5.33. The minimum atomic E-state index is 0.824. The fourth-order valence-corrected chi connectivity index (χ4v) is 1.89. The van der Waals surface area contributed by atoms with Crippen LogP contribution in [-0.2, 0) is 6.54 Å². The molecule has 2 nitrogen and oxygen atoms in total. The van der Waals surface area contributed by atoms with Crippen LogP contribution in [0.25, 0.3) is 0 Å². The van der Waals surface area contributed by atoms with Crippen LogP contribution in [0.4, 0.5) is 0 Å². The van der Waals surface area contributed by atoms with E-state index in [1.54, 1.807) is 0 Å². The van der Waals surface area contributed by atoms with E-state index in [1.165, 1.54) is 5.56 Å². The first-order valence-electron chi connectivity index (χ1n) is 6.84. The van der Waals surface area contributed by atoms with E-state index in [1.807, 2.05) is 42.5 Å².